The molecule has 0 radical (unpaired) electrons. The summed E-state index contributed by atoms with van der Waals surface area (Å²) in [7, 11) is 0. The third-order valence-corrected chi connectivity index (χ3v) is 5.79. The summed E-state index contributed by atoms with van der Waals surface area (Å²) in [5.41, 5.74) is 1.79. The highest BCUT2D eigenvalue weighted by atomic mass is 35.5. The van der Waals surface area contributed by atoms with Gasteiger partial charge in [0.15, 0.2) is 5.78 Å². The number of nitrogens with zero attached hydrogens (tertiary/aromatic N) is 1. The molecule has 2 aromatic carbocycles. The van der Waals surface area contributed by atoms with Gasteiger partial charge in [0.2, 0.25) is 0 Å². The van der Waals surface area contributed by atoms with Crippen molar-refractivity contribution >= 4 is 29.1 Å². The Hall–Kier alpha value is -2.53. The van der Waals surface area contributed by atoms with Gasteiger partial charge in [-0.3, -0.25) is 4.79 Å². The van der Waals surface area contributed by atoms with Crippen molar-refractivity contribution < 1.29 is 14.3 Å². The number of piperidine rings is 1. The summed E-state index contributed by atoms with van der Waals surface area (Å²) < 4.78 is 6.21. The van der Waals surface area contributed by atoms with Gasteiger partial charge in [-0.05, 0) is 36.8 Å². The molecule has 1 saturated heterocycles. The van der Waals surface area contributed by atoms with Crippen molar-refractivity contribution in [1.29, 1.82) is 0 Å². The number of urea groups is 1. The molecule has 4 rings (SSSR count). The number of ketones is 1. The third-order valence-electron chi connectivity index (χ3n) is 5.38. The van der Waals surface area contributed by atoms with Crippen molar-refractivity contribution in [2.75, 3.05) is 18.4 Å². The first-order valence-electron chi connectivity index (χ1n) is 9.09. The highest BCUT2D eigenvalue weighted by Crippen LogP contribution is 2.39. The summed E-state index contributed by atoms with van der Waals surface area (Å²) >= 11 is 6.12. The van der Waals surface area contributed by atoms with Crippen LogP contribution in [-0.2, 0) is 0 Å². The zero-order chi connectivity index (χ0) is 19.0. The van der Waals surface area contributed by atoms with E-state index in [-0.39, 0.29) is 11.8 Å². The summed E-state index contributed by atoms with van der Waals surface area (Å²) in [6.45, 7) is 3.00. The van der Waals surface area contributed by atoms with E-state index in [2.05, 4.69) is 5.32 Å². The van der Waals surface area contributed by atoms with Crippen LogP contribution < -0.4 is 10.1 Å². The van der Waals surface area contributed by atoms with Gasteiger partial charge in [-0.25, -0.2) is 4.79 Å². The molecule has 0 saturated carbocycles. The van der Waals surface area contributed by atoms with Crippen LogP contribution in [0.1, 0.15) is 35.2 Å². The van der Waals surface area contributed by atoms with Crippen LogP contribution in [0.25, 0.3) is 0 Å². The van der Waals surface area contributed by atoms with Gasteiger partial charge in [0.05, 0.1) is 12.0 Å². The van der Waals surface area contributed by atoms with Crippen molar-refractivity contribution in [3.05, 3.63) is 58.6 Å². The number of Topliss-reactive ketones (excluding diaryl/α,β-unsaturated/α-hetero) is 1. The average Bonchev–Trinajstić information content (AvgIpc) is 2.65. The van der Waals surface area contributed by atoms with Crippen LogP contribution in [0.5, 0.6) is 5.75 Å². The van der Waals surface area contributed by atoms with Crippen LogP contribution in [0.3, 0.4) is 0 Å². The number of benzene rings is 2. The Bertz CT molecular complexity index is 904. The van der Waals surface area contributed by atoms with Crippen LogP contribution in [0.4, 0.5) is 10.5 Å². The minimum Gasteiger partial charge on any atom is -0.486 e. The minimum absolute atomic E-state index is 0.115. The Kier molecular flexibility index (Phi) is 4.56. The first-order valence-corrected chi connectivity index (χ1v) is 9.47. The number of para-hydroxylation sites is 1. The largest absolute Gasteiger partial charge is 0.486 e. The fourth-order valence-electron chi connectivity index (χ4n) is 3.71. The summed E-state index contributed by atoms with van der Waals surface area (Å²) in [5.74, 6) is 0.769. The van der Waals surface area contributed by atoms with Gasteiger partial charge in [0, 0.05) is 36.6 Å². The Morgan fingerprint density at radius 2 is 1.93 bits per heavy atom. The lowest BCUT2D eigenvalue weighted by atomic mass is 9.82. The lowest BCUT2D eigenvalue weighted by Crippen LogP contribution is -2.53. The molecule has 2 amide bonds. The molecule has 27 heavy (non-hydrogen) atoms. The number of rotatable bonds is 1. The van der Waals surface area contributed by atoms with Crippen molar-refractivity contribution in [2.45, 2.75) is 31.8 Å². The number of carbonyl (C=O) groups excluding carboxylic acids is 2. The maximum Gasteiger partial charge on any atom is 0.321 e. The Morgan fingerprint density at radius 3 is 2.67 bits per heavy atom. The topological polar surface area (TPSA) is 58.6 Å². The number of anilines is 1. The molecule has 1 N–H and O–H groups in total. The van der Waals surface area contributed by atoms with Crippen LogP contribution in [0.15, 0.2) is 42.5 Å². The maximum absolute atomic E-state index is 12.6. The zero-order valence-corrected chi connectivity index (χ0v) is 15.9. The first kappa shape index (κ1) is 17.9. The molecule has 1 spiro atoms. The van der Waals surface area contributed by atoms with E-state index >= 15 is 0 Å². The summed E-state index contributed by atoms with van der Waals surface area (Å²) in [5, 5.41) is 3.51. The maximum atomic E-state index is 12.6. The molecule has 2 aliphatic heterocycles. The van der Waals surface area contributed by atoms with Crippen molar-refractivity contribution in [3.63, 3.8) is 0 Å². The minimum atomic E-state index is -0.505. The summed E-state index contributed by atoms with van der Waals surface area (Å²) in [4.78, 5) is 26.8. The summed E-state index contributed by atoms with van der Waals surface area (Å²) in [6, 6.07) is 12.7. The van der Waals surface area contributed by atoms with Crippen molar-refractivity contribution in [1.82, 2.24) is 4.90 Å². The van der Waals surface area contributed by atoms with E-state index in [0.29, 0.717) is 54.4 Å². The number of aryl methyl sites for hydroxylation is 1. The van der Waals surface area contributed by atoms with E-state index in [4.69, 9.17) is 16.3 Å². The van der Waals surface area contributed by atoms with E-state index in [1.165, 1.54) is 0 Å². The van der Waals surface area contributed by atoms with Crippen LogP contribution in [-0.4, -0.2) is 35.4 Å². The SMILES string of the molecule is Cc1ccc(NC(=O)N2CCC3(CC2)CC(=O)c2ccccc2O3)cc1Cl. The molecule has 1 fully saturated rings. The molecule has 5 nitrogen and oxygen atoms in total. The standard InChI is InChI=1S/C21H21ClN2O3/c1-14-6-7-15(12-17(14)22)23-20(26)24-10-8-21(9-11-24)13-18(25)16-4-2-3-5-19(16)27-21/h2-7,12H,8-11,13H2,1H3,(H,23,26). The van der Waals surface area contributed by atoms with Gasteiger partial charge in [0.25, 0.3) is 0 Å². The fraction of sp³-hybridized carbons (Fsp3) is 0.333. The molecule has 0 aromatic heterocycles. The molecule has 2 aromatic rings. The van der Waals surface area contributed by atoms with Crippen molar-refractivity contribution in [2.24, 2.45) is 0 Å². The van der Waals surface area contributed by atoms with Gasteiger partial charge in [0.1, 0.15) is 11.4 Å². The summed E-state index contributed by atoms with van der Waals surface area (Å²) in [6.07, 6.45) is 1.64. The Balaban J connectivity index is 1.41. The van der Waals surface area contributed by atoms with Gasteiger partial charge in [-0.2, -0.15) is 0 Å². The van der Waals surface area contributed by atoms with Gasteiger partial charge < -0.3 is 15.0 Å². The lowest BCUT2D eigenvalue weighted by molar-refractivity contribution is 0.000390. The molecule has 0 bridgehead atoms. The second kappa shape index (κ2) is 6.89. The zero-order valence-electron chi connectivity index (χ0n) is 15.1. The van der Waals surface area contributed by atoms with E-state index in [0.717, 1.165) is 5.56 Å². The van der Waals surface area contributed by atoms with Crippen LogP contribution in [0, 0.1) is 6.92 Å². The molecule has 0 aliphatic carbocycles. The van der Waals surface area contributed by atoms with Crippen molar-refractivity contribution in [3.8, 4) is 5.75 Å². The predicted molar refractivity (Wildman–Crippen MR) is 105 cm³/mol. The number of ether oxygens (including phenoxy) is 1. The van der Waals surface area contributed by atoms with Gasteiger partial charge >= 0.3 is 6.03 Å². The van der Waals surface area contributed by atoms with Crippen LogP contribution >= 0.6 is 11.6 Å². The normalized spacial score (nSPS) is 18.0. The van der Waals surface area contributed by atoms with Gasteiger partial charge in [-0.1, -0.05) is 29.8 Å². The molecule has 140 valence electrons. The number of likely N-dealkylation sites (tertiary alicyclic amines) is 1. The average molecular weight is 385 g/mol. The Morgan fingerprint density at radius 1 is 1.19 bits per heavy atom. The van der Waals surface area contributed by atoms with E-state index in [1.807, 2.05) is 37.3 Å². The van der Waals surface area contributed by atoms with E-state index in [1.54, 1.807) is 17.0 Å². The second-order valence-corrected chi connectivity index (χ2v) is 7.67. The number of carbonyl (C=O) groups is 2. The molecule has 2 heterocycles. The quantitative estimate of drug-likeness (QED) is 0.776. The predicted octanol–water partition coefficient (Wildman–Crippen LogP) is 4.68. The number of fused-ring (bicyclic) bond motifs is 1. The first-order chi connectivity index (χ1) is 13.0. The van der Waals surface area contributed by atoms with Gasteiger partial charge in [-0.15, -0.1) is 0 Å². The van der Waals surface area contributed by atoms with Crippen LogP contribution in [0.2, 0.25) is 5.02 Å². The highest BCUT2D eigenvalue weighted by molar-refractivity contribution is 6.31. The number of amides is 2. The highest BCUT2D eigenvalue weighted by Gasteiger charge is 2.43. The number of hydrogen-bond donors (Lipinski definition) is 1. The van der Waals surface area contributed by atoms with E-state index in [9.17, 15) is 9.59 Å². The molecular weight excluding hydrogens is 364 g/mol. The third kappa shape index (κ3) is 3.52. The molecule has 0 unspecified atom stereocenters. The fourth-order valence-corrected chi connectivity index (χ4v) is 3.89. The smallest absolute Gasteiger partial charge is 0.321 e. The Labute approximate surface area is 163 Å². The number of nitrogens with one attached hydrogen (secondary N) is 1. The molecule has 6 heteroatoms. The lowest BCUT2D eigenvalue weighted by Gasteiger charge is -2.43. The molecule has 2 aliphatic rings. The van der Waals surface area contributed by atoms with E-state index < -0.39 is 5.60 Å². The molecule has 0 atom stereocenters. The number of halogens is 1. The monoisotopic (exact) mass is 384 g/mol. The molecular formula is C21H21ClN2O3. The second-order valence-electron chi connectivity index (χ2n) is 7.26. The number of hydrogen-bond acceptors (Lipinski definition) is 3.